The lowest BCUT2D eigenvalue weighted by Crippen LogP contribution is -2.37. The Kier molecular flexibility index (Phi) is 5.38. The van der Waals surface area contributed by atoms with Gasteiger partial charge in [0.2, 0.25) is 12.7 Å². The highest BCUT2D eigenvalue weighted by atomic mass is 16.7. The third-order valence-electron chi connectivity index (χ3n) is 4.47. The zero-order chi connectivity index (χ0) is 19.3. The van der Waals surface area contributed by atoms with Crippen LogP contribution in [0.25, 0.3) is 6.08 Å². The van der Waals surface area contributed by atoms with Gasteiger partial charge < -0.3 is 24.4 Å². The molecule has 1 aromatic carbocycles. The molecule has 2 aromatic rings. The molecule has 1 fully saturated rings. The highest BCUT2D eigenvalue weighted by Crippen LogP contribution is 2.32. The zero-order valence-corrected chi connectivity index (χ0v) is 15.7. The predicted molar refractivity (Wildman–Crippen MR) is 103 cm³/mol. The molecule has 0 aliphatic carbocycles. The fourth-order valence-electron chi connectivity index (χ4n) is 3.06. The number of hydrogen-bond acceptors (Lipinski definition) is 7. The Morgan fingerprint density at radius 2 is 2.00 bits per heavy atom. The van der Waals surface area contributed by atoms with E-state index in [1.165, 1.54) is 6.08 Å². The quantitative estimate of drug-likeness (QED) is 0.788. The number of morpholine rings is 1. The van der Waals surface area contributed by atoms with Gasteiger partial charge >= 0.3 is 0 Å². The van der Waals surface area contributed by atoms with Gasteiger partial charge in [0.05, 0.1) is 19.8 Å². The van der Waals surface area contributed by atoms with Crippen LogP contribution in [0.2, 0.25) is 0 Å². The van der Waals surface area contributed by atoms with Crippen LogP contribution in [-0.2, 0) is 16.1 Å². The van der Waals surface area contributed by atoms with Crippen molar-refractivity contribution in [2.45, 2.75) is 13.5 Å². The van der Waals surface area contributed by atoms with Crippen molar-refractivity contribution in [3.05, 3.63) is 47.4 Å². The van der Waals surface area contributed by atoms with E-state index in [0.29, 0.717) is 30.5 Å². The molecule has 2 aliphatic rings. The Hall–Kier alpha value is -3.13. The number of aromatic nitrogens is 2. The molecule has 2 aliphatic heterocycles. The normalized spacial score (nSPS) is 15.8. The minimum Gasteiger partial charge on any atom is -0.454 e. The van der Waals surface area contributed by atoms with Crippen LogP contribution in [0.4, 0.5) is 5.82 Å². The van der Waals surface area contributed by atoms with E-state index in [-0.39, 0.29) is 19.2 Å². The molecule has 146 valence electrons. The highest BCUT2D eigenvalue weighted by Gasteiger charge is 2.15. The van der Waals surface area contributed by atoms with Crippen LogP contribution in [0, 0.1) is 6.92 Å². The van der Waals surface area contributed by atoms with Crippen molar-refractivity contribution in [3.63, 3.8) is 0 Å². The van der Waals surface area contributed by atoms with Crippen LogP contribution in [0.1, 0.15) is 17.1 Å². The summed E-state index contributed by atoms with van der Waals surface area (Å²) < 4.78 is 16.0. The third kappa shape index (κ3) is 4.40. The summed E-state index contributed by atoms with van der Waals surface area (Å²) in [6.45, 7) is 5.42. The Balaban J connectivity index is 1.36. The van der Waals surface area contributed by atoms with Crippen LogP contribution >= 0.6 is 0 Å². The van der Waals surface area contributed by atoms with Gasteiger partial charge in [-0.25, -0.2) is 9.97 Å². The van der Waals surface area contributed by atoms with Crippen molar-refractivity contribution in [1.82, 2.24) is 15.3 Å². The largest absolute Gasteiger partial charge is 0.454 e. The maximum Gasteiger partial charge on any atom is 0.244 e. The second kappa shape index (κ2) is 8.26. The zero-order valence-electron chi connectivity index (χ0n) is 15.7. The van der Waals surface area contributed by atoms with Gasteiger partial charge in [0, 0.05) is 30.9 Å². The molecule has 0 unspecified atom stereocenters. The standard InChI is InChI=1S/C20H22N4O4/c1-14-10-19(24-6-8-26-9-7-24)23-18(22-14)12-21-20(25)5-3-15-2-4-16-17(11-15)28-13-27-16/h2-5,10-11H,6-9,12-13H2,1H3,(H,21,25)/b5-3+. The first-order valence-electron chi connectivity index (χ1n) is 9.20. The molecule has 0 atom stereocenters. The maximum absolute atomic E-state index is 12.2. The number of anilines is 1. The SMILES string of the molecule is Cc1cc(N2CCOCC2)nc(CNC(=O)/C=C/c2ccc3c(c2)OCO3)n1. The molecule has 3 heterocycles. The number of benzene rings is 1. The van der Waals surface area contributed by atoms with Gasteiger partial charge in [-0.15, -0.1) is 0 Å². The molecule has 1 saturated heterocycles. The molecular formula is C20H22N4O4. The predicted octanol–water partition coefficient (Wildman–Crippen LogP) is 1.68. The van der Waals surface area contributed by atoms with E-state index in [0.717, 1.165) is 30.2 Å². The van der Waals surface area contributed by atoms with Gasteiger partial charge in [0.25, 0.3) is 0 Å². The van der Waals surface area contributed by atoms with Crippen LogP contribution in [-0.4, -0.2) is 49.0 Å². The summed E-state index contributed by atoms with van der Waals surface area (Å²) in [5.74, 6) is 2.65. The first-order valence-corrected chi connectivity index (χ1v) is 9.20. The molecule has 1 N–H and O–H groups in total. The van der Waals surface area contributed by atoms with E-state index in [1.807, 2.05) is 31.2 Å². The molecule has 1 aromatic heterocycles. The maximum atomic E-state index is 12.2. The molecule has 8 nitrogen and oxygen atoms in total. The highest BCUT2D eigenvalue weighted by molar-refractivity contribution is 5.91. The number of rotatable bonds is 5. The van der Waals surface area contributed by atoms with Gasteiger partial charge in [-0.1, -0.05) is 6.07 Å². The van der Waals surface area contributed by atoms with Crippen LogP contribution in [0.3, 0.4) is 0 Å². The van der Waals surface area contributed by atoms with E-state index in [4.69, 9.17) is 14.2 Å². The Morgan fingerprint density at radius 1 is 1.18 bits per heavy atom. The van der Waals surface area contributed by atoms with Crippen molar-refractivity contribution < 1.29 is 19.0 Å². The number of nitrogens with one attached hydrogen (secondary N) is 1. The average Bonchev–Trinajstić information content (AvgIpc) is 3.19. The molecular weight excluding hydrogens is 360 g/mol. The molecule has 0 bridgehead atoms. The average molecular weight is 382 g/mol. The first-order chi connectivity index (χ1) is 13.7. The van der Waals surface area contributed by atoms with E-state index in [9.17, 15) is 4.79 Å². The molecule has 0 saturated carbocycles. The van der Waals surface area contributed by atoms with Gasteiger partial charge in [0.15, 0.2) is 11.5 Å². The van der Waals surface area contributed by atoms with Gasteiger partial charge in [-0.2, -0.15) is 0 Å². The fourth-order valence-corrected chi connectivity index (χ4v) is 3.06. The number of aryl methyl sites for hydroxylation is 1. The van der Waals surface area contributed by atoms with Gasteiger partial charge in [-0.3, -0.25) is 4.79 Å². The van der Waals surface area contributed by atoms with E-state index < -0.39 is 0 Å². The molecule has 4 rings (SSSR count). The second-order valence-electron chi connectivity index (χ2n) is 6.55. The lowest BCUT2D eigenvalue weighted by molar-refractivity contribution is -0.116. The van der Waals surface area contributed by atoms with Gasteiger partial charge in [0.1, 0.15) is 11.6 Å². The van der Waals surface area contributed by atoms with Crippen LogP contribution in [0.15, 0.2) is 30.3 Å². The third-order valence-corrected chi connectivity index (χ3v) is 4.47. The minimum absolute atomic E-state index is 0.212. The van der Waals surface area contributed by atoms with Gasteiger partial charge in [-0.05, 0) is 30.7 Å². The van der Waals surface area contributed by atoms with E-state index in [2.05, 4.69) is 20.2 Å². The summed E-state index contributed by atoms with van der Waals surface area (Å²) in [4.78, 5) is 23.3. The molecule has 8 heteroatoms. The minimum atomic E-state index is -0.212. The lowest BCUT2D eigenvalue weighted by atomic mass is 10.2. The number of carbonyl (C=O) groups is 1. The number of carbonyl (C=O) groups excluding carboxylic acids is 1. The van der Waals surface area contributed by atoms with Crippen LogP contribution in [0.5, 0.6) is 11.5 Å². The van der Waals surface area contributed by atoms with Crippen molar-refractivity contribution in [3.8, 4) is 11.5 Å². The number of hydrogen-bond donors (Lipinski definition) is 1. The first kappa shape index (κ1) is 18.2. The Morgan fingerprint density at radius 3 is 2.86 bits per heavy atom. The molecule has 0 spiro atoms. The monoisotopic (exact) mass is 382 g/mol. The summed E-state index contributed by atoms with van der Waals surface area (Å²) in [5.41, 5.74) is 1.73. The fraction of sp³-hybridized carbons (Fsp3) is 0.350. The lowest BCUT2D eigenvalue weighted by Gasteiger charge is -2.28. The summed E-state index contributed by atoms with van der Waals surface area (Å²) in [6.07, 6.45) is 3.21. The van der Waals surface area contributed by atoms with Crippen molar-refractivity contribution >= 4 is 17.8 Å². The molecule has 0 radical (unpaired) electrons. The molecule has 28 heavy (non-hydrogen) atoms. The summed E-state index contributed by atoms with van der Waals surface area (Å²) in [6, 6.07) is 7.49. The Labute approximate surface area is 163 Å². The number of amides is 1. The number of ether oxygens (including phenoxy) is 3. The molecule has 1 amide bonds. The second-order valence-corrected chi connectivity index (χ2v) is 6.55. The van der Waals surface area contributed by atoms with E-state index >= 15 is 0 Å². The summed E-state index contributed by atoms with van der Waals surface area (Å²) in [5, 5.41) is 2.83. The number of nitrogens with zero attached hydrogens (tertiary/aromatic N) is 3. The van der Waals surface area contributed by atoms with E-state index in [1.54, 1.807) is 6.08 Å². The van der Waals surface area contributed by atoms with Crippen molar-refractivity contribution in [2.75, 3.05) is 38.0 Å². The van der Waals surface area contributed by atoms with Crippen molar-refractivity contribution in [1.29, 1.82) is 0 Å². The summed E-state index contributed by atoms with van der Waals surface area (Å²) >= 11 is 0. The Bertz CT molecular complexity index is 894. The van der Waals surface area contributed by atoms with Crippen molar-refractivity contribution in [2.24, 2.45) is 0 Å². The number of fused-ring (bicyclic) bond motifs is 1. The smallest absolute Gasteiger partial charge is 0.244 e. The summed E-state index contributed by atoms with van der Waals surface area (Å²) in [7, 11) is 0. The topological polar surface area (TPSA) is 85.8 Å². The van der Waals surface area contributed by atoms with Crippen LogP contribution < -0.4 is 19.7 Å².